The van der Waals surface area contributed by atoms with Crippen LogP contribution in [0.2, 0.25) is 0 Å². The van der Waals surface area contributed by atoms with Crippen molar-refractivity contribution < 1.29 is 9.53 Å². The number of ether oxygens (including phenoxy) is 1. The number of hydrogen-bond acceptors (Lipinski definition) is 4. The highest BCUT2D eigenvalue weighted by molar-refractivity contribution is 5.76. The van der Waals surface area contributed by atoms with Gasteiger partial charge in [0, 0.05) is 32.7 Å². The third-order valence-electron chi connectivity index (χ3n) is 4.53. The molecule has 0 aliphatic carbocycles. The van der Waals surface area contributed by atoms with Gasteiger partial charge in [-0.3, -0.25) is 4.79 Å². The third kappa shape index (κ3) is 5.93. The molecule has 0 spiro atoms. The van der Waals surface area contributed by atoms with E-state index >= 15 is 0 Å². The number of likely N-dealkylation sites (N-methyl/N-ethyl adjacent to an activating group) is 1. The van der Waals surface area contributed by atoms with Crippen molar-refractivity contribution in [2.24, 2.45) is 0 Å². The largest absolute Gasteiger partial charge is 0.375 e. The van der Waals surface area contributed by atoms with Crippen molar-refractivity contribution in [3.63, 3.8) is 0 Å². The van der Waals surface area contributed by atoms with Gasteiger partial charge in [-0.15, -0.1) is 0 Å². The normalized spacial score (nSPS) is 24.5. The fourth-order valence-corrected chi connectivity index (χ4v) is 3.16. The minimum absolute atomic E-state index is 0.0542. The highest BCUT2D eigenvalue weighted by Crippen LogP contribution is 2.10. The van der Waals surface area contributed by atoms with Crippen LogP contribution >= 0.6 is 0 Å². The lowest BCUT2D eigenvalue weighted by molar-refractivity contribution is -0.134. The summed E-state index contributed by atoms with van der Waals surface area (Å²) >= 11 is 0. The molecule has 1 amide bonds. The van der Waals surface area contributed by atoms with Crippen LogP contribution in [0.3, 0.4) is 0 Å². The predicted molar refractivity (Wildman–Crippen MR) is 84.4 cm³/mol. The van der Waals surface area contributed by atoms with Gasteiger partial charge in [-0.05, 0) is 32.9 Å². The Kier molecular flexibility index (Phi) is 7.47. The molecule has 1 N–H and O–H groups in total. The molecule has 21 heavy (non-hydrogen) atoms. The maximum absolute atomic E-state index is 12.4. The fourth-order valence-electron chi connectivity index (χ4n) is 3.16. The number of rotatable bonds is 6. The van der Waals surface area contributed by atoms with Gasteiger partial charge >= 0.3 is 0 Å². The van der Waals surface area contributed by atoms with Crippen LogP contribution in [0.5, 0.6) is 0 Å². The van der Waals surface area contributed by atoms with Gasteiger partial charge in [-0.1, -0.05) is 12.8 Å². The minimum Gasteiger partial charge on any atom is -0.375 e. The summed E-state index contributed by atoms with van der Waals surface area (Å²) < 4.78 is 5.63. The quantitative estimate of drug-likeness (QED) is 0.797. The van der Waals surface area contributed by atoms with Gasteiger partial charge < -0.3 is 19.9 Å². The number of carbonyl (C=O) groups is 1. The molecule has 2 aliphatic heterocycles. The van der Waals surface area contributed by atoms with E-state index in [2.05, 4.69) is 17.1 Å². The maximum atomic E-state index is 12.4. The van der Waals surface area contributed by atoms with Gasteiger partial charge in [-0.25, -0.2) is 0 Å². The summed E-state index contributed by atoms with van der Waals surface area (Å²) in [6.45, 7) is 9.55. The van der Waals surface area contributed by atoms with Gasteiger partial charge in [0.2, 0.25) is 5.91 Å². The molecule has 1 unspecified atom stereocenters. The standard InChI is InChI=1S/C16H31N3O2/c1-2-19(11-10-18-8-5-3-4-6-9-18)16(20)13-15-14-17-7-12-21-15/h15,17H,2-14H2,1H3. The van der Waals surface area contributed by atoms with Crippen LogP contribution in [0.15, 0.2) is 0 Å². The Bertz CT molecular complexity index is 298. The molecule has 0 aromatic rings. The van der Waals surface area contributed by atoms with E-state index in [1.54, 1.807) is 0 Å². The molecule has 2 saturated heterocycles. The lowest BCUT2D eigenvalue weighted by atomic mass is 10.2. The molecule has 5 nitrogen and oxygen atoms in total. The van der Waals surface area contributed by atoms with Crippen LogP contribution in [0.4, 0.5) is 0 Å². The molecule has 2 rings (SSSR count). The number of nitrogens with one attached hydrogen (secondary N) is 1. The summed E-state index contributed by atoms with van der Waals surface area (Å²) in [4.78, 5) is 16.9. The summed E-state index contributed by atoms with van der Waals surface area (Å²) in [7, 11) is 0. The van der Waals surface area contributed by atoms with Crippen LogP contribution in [-0.4, -0.2) is 74.2 Å². The lowest BCUT2D eigenvalue weighted by Crippen LogP contribution is -2.44. The summed E-state index contributed by atoms with van der Waals surface area (Å²) in [5.41, 5.74) is 0. The Hall–Kier alpha value is -0.650. The second-order valence-corrected chi connectivity index (χ2v) is 6.13. The lowest BCUT2D eigenvalue weighted by Gasteiger charge is -2.29. The molecule has 0 saturated carbocycles. The van der Waals surface area contributed by atoms with Crippen molar-refractivity contribution >= 4 is 5.91 Å². The smallest absolute Gasteiger partial charge is 0.225 e. The van der Waals surface area contributed by atoms with E-state index in [1.165, 1.54) is 38.8 Å². The Labute approximate surface area is 129 Å². The zero-order valence-electron chi connectivity index (χ0n) is 13.5. The van der Waals surface area contributed by atoms with Gasteiger partial charge in [-0.2, -0.15) is 0 Å². The number of nitrogens with zero attached hydrogens (tertiary/aromatic N) is 2. The maximum Gasteiger partial charge on any atom is 0.225 e. The highest BCUT2D eigenvalue weighted by atomic mass is 16.5. The molecule has 2 aliphatic rings. The van der Waals surface area contributed by atoms with Gasteiger partial charge in [0.15, 0.2) is 0 Å². The van der Waals surface area contributed by atoms with Gasteiger partial charge in [0.1, 0.15) is 0 Å². The summed E-state index contributed by atoms with van der Waals surface area (Å²) in [5, 5.41) is 3.28. The summed E-state index contributed by atoms with van der Waals surface area (Å²) in [5.74, 6) is 0.237. The average molecular weight is 297 g/mol. The van der Waals surface area contributed by atoms with Gasteiger partial charge in [0.05, 0.1) is 19.1 Å². The molecule has 0 aromatic carbocycles. The molecule has 5 heteroatoms. The molecule has 1 atom stereocenters. The first-order valence-corrected chi connectivity index (χ1v) is 8.62. The molecule has 2 heterocycles. The number of morpholine rings is 1. The van der Waals surface area contributed by atoms with E-state index in [1.807, 2.05) is 4.90 Å². The molecule has 2 fully saturated rings. The van der Waals surface area contributed by atoms with Crippen LogP contribution in [-0.2, 0) is 9.53 Å². The van der Waals surface area contributed by atoms with Crippen molar-refractivity contribution in [3.05, 3.63) is 0 Å². The molecule has 122 valence electrons. The fraction of sp³-hybridized carbons (Fsp3) is 0.938. The zero-order valence-corrected chi connectivity index (χ0v) is 13.5. The van der Waals surface area contributed by atoms with Crippen LogP contribution in [0.25, 0.3) is 0 Å². The second-order valence-electron chi connectivity index (χ2n) is 6.13. The highest BCUT2D eigenvalue weighted by Gasteiger charge is 2.21. The van der Waals surface area contributed by atoms with Crippen molar-refractivity contribution in [1.29, 1.82) is 0 Å². The number of amides is 1. The Morgan fingerprint density at radius 3 is 2.67 bits per heavy atom. The van der Waals surface area contributed by atoms with Crippen molar-refractivity contribution in [1.82, 2.24) is 15.1 Å². The Morgan fingerprint density at radius 1 is 1.29 bits per heavy atom. The predicted octanol–water partition coefficient (Wildman–Crippen LogP) is 1.09. The van der Waals surface area contributed by atoms with E-state index < -0.39 is 0 Å². The molecule has 0 aromatic heterocycles. The van der Waals surface area contributed by atoms with E-state index in [0.29, 0.717) is 6.42 Å². The van der Waals surface area contributed by atoms with Gasteiger partial charge in [0.25, 0.3) is 0 Å². The van der Waals surface area contributed by atoms with Crippen LogP contribution in [0.1, 0.15) is 39.0 Å². The Balaban J connectivity index is 1.71. The first kappa shape index (κ1) is 16.7. The van der Waals surface area contributed by atoms with Crippen molar-refractivity contribution in [2.75, 3.05) is 52.4 Å². The topological polar surface area (TPSA) is 44.8 Å². The summed E-state index contributed by atoms with van der Waals surface area (Å²) in [6, 6.07) is 0. The van der Waals surface area contributed by atoms with E-state index in [4.69, 9.17) is 4.74 Å². The van der Waals surface area contributed by atoms with E-state index in [9.17, 15) is 4.79 Å². The van der Waals surface area contributed by atoms with E-state index in [-0.39, 0.29) is 12.0 Å². The van der Waals surface area contributed by atoms with Crippen molar-refractivity contribution in [2.45, 2.75) is 45.1 Å². The molecule has 0 bridgehead atoms. The third-order valence-corrected chi connectivity index (χ3v) is 4.53. The number of carbonyl (C=O) groups excluding carboxylic acids is 1. The average Bonchev–Trinajstić information content (AvgIpc) is 2.77. The van der Waals surface area contributed by atoms with E-state index in [0.717, 1.165) is 39.3 Å². The Morgan fingerprint density at radius 2 is 2.05 bits per heavy atom. The number of likely N-dealkylation sites (tertiary alicyclic amines) is 1. The first-order valence-electron chi connectivity index (χ1n) is 8.62. The SMILES string of the molecule is CCN(CCN1CCCCCC1)C(=O)CC1CNCCO1. The van der Waals surface area contributed by atoms with Crippen LogP contribution in [0, 0.1) is 0 Å². The molecular weight excluding hydrogens is 266 g/mol. The monoisotopic (exact) mass is 297 g/mol. The summed E-state index contributed by atoms with van der Waals surface area (Å²) in [6.07, 6.45) is 5.90. The minimum atomic E-state index is 0.0542. The van der Waals surface area contributed by atoms with Crippen molar-refractivity contribution in [3.8, 4) is 0 Å². The number of hydrogen-bond donors (Lipinski definition) is 1. The van der Waals surface area contributed by atoms with Crippen LogP contribution < -0.4 is 5.32 Å². The molecule has 0 radical (unpaired) electrons. The first-order chi connectivity index (χ1) is 10.3. The molecular formula is C16H31N3O2. The second kappa shape index (κ2) is 9.38. The zero-order chi connectivity index (χ0) is 14.9.